The summed E-state index contributed by atoms with van der Waals surface area (Å²) in [5.41, 5.74) is -2.18. The van der Waals surface area contributed by atoms with E-state index in [0.29, 0.717) is 26.3 Å². The zero-order valence-corrected chi connectivity index (χ0v) is 19.1. The Hall–Kier alpha value is -1.32. The van der Waals surface area contributed by atoms with Gasteiger partial charge in [-0.05, 0) is 42.3 Å². The Morgan fingerprint density at radius 2 is 1.57 bits per heavy atom. The van der Waals surface area contributed by atoms with Gasteiger partial charge in [0.05, 0.1) is 21.8 Å². The third-order valence-electron chi connectivity index (χ3n) is 4.56. The minimum absolute atomic E-state index is 0. The van der Waals surface area contributed by atoms with Gasteiger partial charge in [0, 0.05) is 45.0 Å². The number of thiophene rings is 1. The number of hydrogen-bond acceptors (Lipinski definition) is 2. The molecule has 30 heavy (non-hydrogen) atoms. The molecule has 1 nitrogen and oxygen atoms in total. The van der Waals surface area contributed by atoms with Crippen molar-refractivity contribution in [3.8, 4) is 11.1 Å². The number of nitrogens with zero attached hydrogens (tertiary/aromatic N) is 1. The first-order valence-electron chi connectivity index (χ1n) is 8.23. The zero-order chi connectivity index (χ0) is 21.1. The number of alkyl halides is 6. The van der Waals surface area contributed by atoms with Crippen LogP contribution in [0.4, 0.5) is 26.3 Å². The predicted octanol–water partition coefficient (Wildman–Crippen LogP) is 7.74. The van der Waals surface area contributed by atoms with Gasteiger partial charge in [-0.15, -0.1) is 11.3 Å². The molecule has 4 aromatic rings. The fraction of sp³-hybridized carbons (Fsp3) is 0.150. The van der Waals surface area contributed by atoms with Gasteiger partial charge in [0.25, 0.3) is 0 Å². The summed E-state index contributed by atoms with van der Waals surface area (Å²) in [5.74, 6) is 0. The smallest absolute Gasteiger partial charge is 0.241 e. The van der Waals surface area contributed by atoms with Crippen LogP contribution in [0.1, 0.15) is 16.8 Å². The van der Waals surface area contributed by atoms with E-state index < -0.39 is 23.5 Å². The molecule has 0 bridgehead atoms. The molecule has 2 heterocycles. The summed E-state index contributed by atoms with van der Waals surface area (Å²) in [6, 6.07) is 8.04. The van der Waals surface area contributed by atoms with Crippen LogP contribution in [0.15, 0.2) is 42.5 Å². The van der Waals surface area contributed by atoms with Gasteiger partial charge in [0.1, 0.15) is 4.83 Å². The van der Waals surface area contributed by atoms with Crippen molar-refractivity contribution in [2.75, 3.05) is 0 Å². The van der Waals surface area contributed by atoms with E-state index in [0.717, 1.165) is 16.8 Å². The Balaban J connectivity index is 0.00000256. The normalized spacial score (nSPS) is 12.4. The zero-order valence-electron chi connectivity index (χ0n) is 15.5. The molecular formula is C20H10ClF6NNaS. The number of pyridine rings is 1. The summed E-state index contributed by atoms with van der Waals surface area (Å²) >= 11 is 7.40. The summed E-state index contributed by atoms with van der Waals surface area (Å²) < 4.78 is 79.8. The molecule has 0 fully saturated rings. The van der Waals surface area contributed by atoms with E-state index in [1.54, 1.807) is 19.1 Å². The van der Waals surface area contributed by atoms with E-state index >= 15 is 0 Å². The first-order valence-corrected chi connectivity index (χ1v) is 9.43. The summed E-state index contributed by atoms with van der Waals surface area (Å²) in [5, 5.41) is 2.02. The van der Waals surface area contributed by atoms with Crippen molar-refractivity contribution in [2.45, 2.75) is 19.3 Å². The van der Waals surface area contributed by atoms with Crippen LogP contribution >= 0.6 is 22.9 Å². The second kappa shape index (κ2) is 7.98. The Morgan fingerprint density at radius 1 is 0.867 bits per heavy atom. The summed E-state index contributed by atoms with van der Waals surface area (Å²) in [6.07, 6.45) is -9.80. The quantitative estimate of drug-likeness (QED) is 0.206. The van der Waals surface area contributed by atoms with Crippen molar-refractivity contribution >= 4 is 72.8 Å². The molecule has 0 saturated carbocycles. The first kappa shape index (κ1) is 23.3. The number of benzene rings is 2. The third kappa shape index (κ3) is 4.21. The van der Waals surface area contributed by atoms with Gasteiger partial charge >= 0.3 is 12.4 Å². The minimum Gasteiger partial charge on any atom is -0.241 e. The molecule has 10 heteroatoms. The maximum absolute atomic E-state index is 13.5. The average molecular weight is 469 g/mol. The van der Waals surface area contributed by atoms with Crippen molar-refractivity contribution in [3.63, 3.8) is 0 Å². The number of fused-ring (bicyclic) bond motifs is 3. The number of halogens is 7. The van der Waals surface area contributed by atoms with Crippen LogP contribution in [0.2, 0.25) is 5.02 Å². The second-order valence-corrected chi connectivity index (χ2v) is 7.92. The van der Waals surface area contributed by atoms with Crippen molar-refractivity contribution in [3.05, 3.63) is 64.3 Å². The second-order valence-electron chi connectivity index (χ2n) is 6.48. The minimum atomic E-state index is -4.93. The number of aryl methyl sites for hydroxylation is 1. The van der Waals surface area contributed by atoms with Gasteiger partial charge in [-0.3, -0.25) is 0 Å². The van der Waals surface area contributed by atoms with E-state index in [9.17, 15) is 26.3 Å². The topological polar surface area (TPSA) is 12.9 Å². The van der Waals surface area contributed by atoms with Gasteiger partial charge < -0.3 is 0 Å². The maximum atomic E-state index is 13.5. The van der Waals surface area contributed by atoms with E-state index in [1.165, 1.54) is 23.5 Å². The third-order valence-corrected chi connectivity index (χ3v) is 6.00. The van der Waals surface area contributed by atoms with E-state index in [2.05, 4.69) is 4.98 Å². The molecule has 0 aliphatic carbocycles. The summed E-state index contributed by atoms with van der Waals surface area (Å²) in [7, 11) is 0. The van der Waals surface area contributed by atoms with Gasteiger partial charge in [-0.25, -0.2) is 4.98 Å². The van der Waals surface area contributed by atoms with Gasteiger partial charge in [-0.1, -0.05) is 29.8 Å². The summed E-state index contributed by atoms with van der Waals surface area (Å²) in [4.78, 5) is 5.07. The van der Waals surface area contributed by atoms with Crippen LogP contribution in [0.5, 0.6) is 0 Å². The van der Waals surface area contributed by atoms with Gasteiger partial charge in [0.2, 0.25) is 0 Å². The van der Waals surface area contributed by atoms with Crippen LogP contribution in [-0.2, 0) is 12.4 Å². The fourth-order valence-corrected chi connectivity index (χ4v) is 4.43. The monoisotopic (exact) mass is 468 g/mol. The molecule has 1 radical (unpaired) electrons. The predicted molar refractivity (Wildman–Crippen MR) is 108 cm³/mol. The number of rotatable bonds is 1. The SMILES string of the molecule is Cc1nc2sc3cc(-c4ccc(C(F)(F)F)cc4C(F)(F)F)ccc3c2cc1Cl.[Na]. The van der Waals surface area contributed by atoms with Crippen LogP contribution < -0.4 is 0 Å². The van der Waals surface area contributed by atoms with Crippen molar-refractivity contribution in [1.82, 2.24) is 4.98 Å². The van der Waals surface area contributed by atoms with Crippen LogP contribution in [0, 0.1) is 6.92 Å². The van der Waals surface area contributed by atoms with Crippen molar-refractivity contribution < 1.29 is 26.3 Å². The molecule has 2 aromatic heterocycles. The van der Waals surface area contributed by atoms with E-state index in [4.69, 9.17) is 11.6 Å². The molecule has 151 valence electrons. The van der Waals surface area contributed by atoms with Crippen LogP contribution in [0.3, 0.4) is 0 Å². The first-order chi connectivity index (χ1) is 13.4. The molecule has 0 unspecified atom stereocenters. The Bertz CT molecular complexity index is 1260. The van der Waals surface area contributed by atoms with Gasteiger partial charge in [0.15, 0.2) is 0 Å². The molecule has 0 N–H and O–H groups in total. The molecule has 0 saturated heterocycles. The maximum Gasteiger partial charge on any atom is 0.417 e. The Kier molecular flexibility index (Phi) is 6.21. The largest absolute Gasteiger partial charge is 0.417 e. The Morgan fingerprint density at radius 3 is 2.20 bits per heavy atom. The molecule has 0 spiro atoms. The molecular weight excluding hydrogens is 459 g/mol. The molecule has 4 rings (SSSR count). The number of aromatic nitrogens is 1. The fourth-order valence-electron chi connectivity index (χ4n) is 3.14. The Labute approximate surface area is 198 Å². The summed E-state index contributed by atoms with van der Waals surface area (Å²) in [6.45, 7) is 1.75. The number of hydrogen-bond donors (Lipinski definition) is 0. The van der Waals surface area contributed by atoms with E-state index in [-0.39, 0.29) is 46.8 Å². The van der Waals surface area contributed by atoms with Crippen molar-refractivity contribution in [2.24, 2.45) is 0 Å². The standard InChI is InChI=1S/C20H10ClF6NS.Na/c1-9-16(21)8-14-13-4-2-10(6-17(13)29-18(14)28-9)12-5-3-11(19(22,23)24)7-15(12)20(25,26)27;/h2-8H,1H3;. The molecule has 0 atom stereocenters. The van der Waals surface area contributed by atoms with Crippen LogP contribution in [-0.4, -0.2) is 34.5 Å². The van der Waals surface area contributed by atoms with E-state index in [1.807, 2.05) is 0 Å². The molecule has 0 aliphatic heterocycles. The van der Waals surface area contributed by atoms with Crippen molar-refractivity contribution in [1.29, 1.82) is 0 Å². The van der Waals surface area contributed by atoms with Gasteiger partial charge in [-0.2, -0.15) is 26.3 Å². The molecule has 0 amide bonds. The molecule has 2 aromatic carbocycles. The molecule has 0 aliphatic rings. The van der Waals surface area contributed by atoms with Crippen LogP contribution in [0.25, 0.3) is 31.4 Å². The average Bonchev–Trinajstić information content (AvgIpc) is 2.96.